The highest BCUT2D eigenvalue weighted by molar-refractivity contribution is 6.31. The summed E-state index contributed by atoms with van der Waals surface area (Å²) in [4.78, 5) is 11.2. The molecule has 0 radical (unpaired) electrons. The fourth-order valence-corrected chi connectivity index (χ4v) is 1.48. The van der Waals surface area contributed by atoms with Gasteiger partial charge in [0, 0.05) is 32.3 Å². The molecule has 0 saturated heterocycles. The maximum absolute atomic E-state index is 12.4. The topological polar surface area (TPSA) is 72.9 Å². The van der Waals surface area contributed by atoms with Crippen molar-refractivity contribution in [3.63, 3.8) is 0 Å². The lowest BCUT2D eigenvalue weighted by Crippen LogP contribution is -2.29. The van der Waals surface area contributed by atoms with Crippen molar-refractivity contribution in [1.29, 1.82) is 0 Å². The zero-order valence-corrected chi connectivity index (χ0v) is 10.1. The first-order valence-electron chi connectivity index (χ1n) is 5.11. The predicted octanol–water partition coefficient (Wildman–Crippen LogP) is 1.02. The molecule has 1 amide bonds. The normalized spacial score (nSPS) is 11.6. The van der Waals surface area contributed by atoms with Crippen molar-refractivity contribution in [3.05, 3.63) is 16.9 Å². The molecule has 0 aliphatic rings. The Morgan fingerprint density at radius 2 is 2.22 bits per heavy atom. The molecule has 1 aromatic rings. The van der Waals surface area contributed by atoms with Crippen LogP contribution in [0.25, 0.3) is 0 Å². The van der Waals surface area contributed by atoms with Crippen LogP contribution in [-0.4, -0.2) is 28.8 Å². The Morgan fingerprint density at radius 3 is 2.72 bits per heavy atom. The number of carbonyl (C=O) groups excluding carboxylic acids is 1. The third kappa shape index (κ3) is 4.19. The smallest absolute Gasteiger partial charge is 0.355 e. The average molecular weight is 285 g/mol. The van der Waals surface area contributed by atoms with Gasteiger partial charge in [-0.3, -0.25) is 9.48 Å². The number of aryl methyl sites for hydroxylation is 1. The Hall–Kier alpha value is -1.28. The maximum atomic E-state index is 12.4. The summed E-state index contributed by atoms with van der Waals surface area (Å²) in [7, 11) is 0. The van der Waals surface area contributed by atoms with Crippen molar-refractivity contribution >= 4 is 17.5 Å². The minimum absolute atomic E-state index is 0.00923. The first-order valence-corrected chi connectivity index (χ1v) is 5.49. The molecule has 1 aromatic heterocycles. The van der Waals surface area contributed by atoms with Crippen molar-refractivity contribution in [2.75, 3.05) is 13.1 Å². The molecular weight excluding hydrogens is 273 g/mol. The number of alkyl halides is 3. The summed E-state index contributed by atoms with van der Waals surface area (Å²) in [6, 6.07) is 0. The van der Waals surface area contributed by atoms with Gasteiger partial charge in [-0.1, -0.05) is 11.6 Å². The van der Waals surface area contributed by atoms with E-state index < -0.39 is 16.9 Å². The van der Waals surface area contributed by atoms with Gasteiger partial charge in [-0.05, 0) is 0 Å². The molecule has 9 heteroatoms. The van der Waals surface area contributed by atoms with Crippen LogP contribution in [0.3, 0.4) is 0 Å². The molecule has 0 unspecified atom stereocenters. The van der Waals surface area contributed by atoms with Crippen LogP contribution in [-0.2, 0) is 17.5 Å². The summed E-state index contributed by atoms with van der Waals surface area (Å²) in [5.41, 5.74) is 4.03. The Kier molecular flexibility index (Phi) is 4.97. The number of aromatic nitrogens is 2. The van der Waals surface area contributed by atoms with Crippen molar-refractivity contribution in [2.45, 2.75) is 19.1 Å². The van der Waals surface area contributed by atoms with Crippen LogP contribution in [0.2, 0.25) is 5.02 Å². The minimum Gasteiger partial charge on any atom is -0.355 e. The molecule has 0 aliphatic heterocycles. The van der Waals surface area contributed by atoms with Gasteiger partial charge in [-0.15, -0.1) is 0 Å². The van der Waals surface area contributed by atoms with Crippen LogP contribution in [0.5, 0.6) is 0 Å². The fraction of sp³-hybridized carbons (Fsp3) is 0.556. The summed E-state index contributed by atoms with van der Waals surface area (Å²) in [6.45, 7) is 0.649. The van der Waals surface area contributed by atoms with Crippen LogP contribution in [0, 0.1) is 0 Å². The molecule has 0 bridgehead atoms. The average Bonchev–Trinajstić information content (AvgIpc) is 2.65. The molecule has 0 atom stereocenters. The molecule has 1 heterocycles. The van der Waals surface area contributed by atoms with E-state index in [9.17, 15) is 18.0 Å². The number of hydrogen-bond acceptors (Lipinski definition) is 3. The van der Waals surface area contributed by atoms with Crippen molar-refractivity contribution in [3.8, 4) is 0 Å². The third-order valence-corrected chi connectivity index (χ3v) is 2.30. The molecular formula is C9H12ClF3N4O. The van der Waals surface area contributed by atoms with Crippen LogP contribution in [0.4, 0.5) is 13.2 Å². The van der Waals surface area contributed by atoms with E-state index in [0.717, 1.165) is 10.9 Å². The van der Waals surface area contributed by atoms with E-state index in [1.165, 1.54) is 0 Å². The van der Waals surface area contributed by atoms with E-state index in [0.29, 0.717) is 13.1 Å². The van der Waals surface area contributed by atoms with E-state index in [-0.39, 0.29) is 18.9 Å². The van der Waals surface area contributed by atoms with Gasteiger partial charge in [0.25, 0.3) is 0 Å². The van der Waals surface area contributed by atoms with Crippen molar-refractivity contribution < 1.29 is 18.0 Å². The monoisotopic (exact) mass is 284 g/mol. The SMILES string of the molecule is NCCNC(=O)CCn1cc(Cl)c(C(F)(F)F)n1. The largest absolute Gasteiger partial charge is 0.436 e. The summed E-state index contributed by atoms with van der Waals surface area (Å²) in [5.74, 6) is -0.305. The first kappa shape index (κ1) is 14.8. The maximum Gasteiger partial charge on any atom is 0.436 e. The van der Waals surface area contributed by atoms with Crippen LogP contribution >= 0.6 is 11.6 Å². The van der Waals surface area contributed by atoms with E-state index in [1.54, 1.807) is 0 Å². The summed E-state index contributed by atoms with van der Waals surface area (Å²) in [6.07, 6.45) is -3.54. The number of halogens is 4. The molecule has 5 nitrogen and oxygen atoms in total. The van der Waals surface area contributed by atoms with Crippen molar-refractivity contribution in [2.24, 2.45) is 5.73 Å². The molecule has 0 aromatic carbocycles. The van der Waals surface area contributed by atoms with Gasteiger partial charge in [0.05, 0.1) is 5.02 Å². The molecule has 1 rings (SSSR count). The fourth-order valence-electron chi connectivity index (χ4n) is 1.22. The van der Waals surface area contributed by atoms with Crippen LogP contribution < -0.4 is 11.1 Å². The first-order chi connectivity index (χ1) is 8.34. The zero-order chi connectivity index (χ0) is 13.8. The Balaban J connectivity index is 2.56. The molecule has 3 N–H and O–H groups in total. The van der Waals surface area contributed by atoms with Gasteiger partial charge in [-0.25, -0.2) is 0 Å². The number of amides is 1. The third-order valence-electron chi connectivity index (χ3n) is 2.02. The lowest BCUT2D eigenvalue weighted by Gasteiger charge is -2.04. The summed E-state index contributed by atoms with van der Waals surface area (Å²) >= 11 is 5.41. The van der Waals surface area contributed by atoms with Gasteiger partial charge < -0.3 is 11.1 Å². The van der Waals surface area contributed by atoms with E-state index in [4.69, 9.17) is 17.3 Å². The molecule has 18 heavy (non-hydrogen) atoms. The highest BCUT2D eigenvalue weighted by atomic mass is 35.5. The molecule has 0 aliphatic carbocycles. The van der Waals surface area contributed by atoms with Crippen molar-refractivity contribution in [1.82, 2.24) is 15.1 Å². The second kappa shape index (κ2) is 6.05. The quantitative estimate of drug-likeness (QED) is 0.848. The van der Waals surface area contributed by atoms with Gasteiger partial charge in [0.1, 0.15) is 0 Å². The van der Waals surface area contributed by atoms with Crippen LogP contribution in [0.1, 0.15) is 12.1 Å². The van der Waals surface area contributed by atoms with Gasteiger partial charge in [0.15, 0.2) is 5.69 Å². The zero-order valence-electron chi connectivity index (χ0n) is 9.30. The van der Waals surface area contributed by atoms with Gasteiger partial charge >= 0.3 is 6.18 Å². The Labute approximate surface area is 106 Å². The Bertz CT molecular complexity index is 418. The lowest BCUT2D eigenvalue weighted by molar-refractivity contribution is -0.141. The summed E-state index contributed by atoms with van der Waals surface area (Å²) in [5, 5.41) is 5.30. The van der Waals surface area contributed by atoms with E-state index in [1.807, 2.05) is 0 Å². The number of carbonyl (C=O) groups is 1. The van der Waals surface area contributed by atoms with E-state index in [2.05, 4.69) is 10.4 Å². The number of rotatable bonds is 5. The van der Waals surface area contributed by atoms with Gasteiger partial charge in [0.2, 0.25) is 5.91 Å². The Morgan fingerprint density at radius 1 is 1.56 bits per heavy atom. The predicted molar refractivity (Wildman–Crippen MR) is 58.9 cm³/mol. The number of nitrogens with two attached hydrogens (primary N) is 1. The highest BCUT2D eigenvalue weighted by Crippen LogP contribution is 2.33. The minimum atomic E-state index is -4.59. The molecule has 0 saturated carbocycles. The summed E-state index contributed by atoms with van der Waals surface area (Å²) < 4.78 is 38.1. The van der Waals surface area contributed by atoms with Crippen LogP contribution in [0.15, 0.2) is 6.20 Å². The van der Waals surface area contributed by atoms with E-state index >= 15 is 0 Å². The molecule has 0 fully saturated rings. The molecule has 0 spiro atoms. The lowest BCUT2D eigenvalue weighted by atomic mass is 10.4. The second-order valence-corrected chi connectivity index (χ2v) is 3.88. The highest BCUT2D eigenvalue weighted by Gasteiger charge is 2.36. The number of hydrogen-bond donors (Lipinski definition) is 2. The standard InChI is InChI=1S/C9H12ClF3N4O/c10-6-5-17(16-8(6)9(11,12)13)4-1-7(18)15-3-2-14/h5H,1-4,14H2,(H,15,18). The molecule has 102 valence electrons. The number of nitrogens with one attached hydrogen (secondary N) is 1. The second-order valence-electron chi connectivity index (χ2n) is 3.48. The number of nitrogens with zero attached hydrogens (tertiary/aromatic N) is 2. The van der Waals surface area contributed by atoms with Gasteiger partial charge in [-0.2, -0.15) is 18.3 Å².